The summed E-state index contributed by atoms with van der Waals surface area (Å²) in [6.07, 6.45) is -6.44. The average molecular weight is 317 g/mol. The molecule has 19 heavy (non-hydrogen) atoms. The Kier molecular flexibility index (Phi) is 5.09. The van der Waals surface area contributed by atoms with Gasteiger partial charge in [0, 0.05) is 10.7 Å². The zero-order valence-electron chi connectivity index (χ0n) is 9.95. The van der Waals surface area contributed by atoms with E-state index in [0.717, 1.165) is 0 Å². The number of halogens is 4. The van der Waals surface area contributed by atoms with Crippen LogP contribution in [0.5, 0.6) is 5.75 Å². The van der Waals surface area contributed by atoms with Crippen LogP contribution in [0.25, 0.3) is 0 Å². The summed E-state index contributed by atoms with van der Waals surface area (Å²) < 4.78 is 64.5. The number of alkyl halides is 3. The summed E-state index contributed by atoms with van der Waals surface area (Å²) in [5.41, 5.74) is 0.364. The van der Waals surface area contributed by atoms with Crippen LogP contribution in [0.3, 0.4) is 0 Å². The van der Waals surface area contributed by atoms with E-state index >= 15 is 0 Å². The Morgan fingerprint density at radius 3 is 2.37 bits per heavy atom. The van der Waals surface area contributed by atoms with E-state index in [1.54, 1.807) is 18.2 Å². The maximum atomic E-state index is 12.4. The van der Waals surface area contributed by atoms with Crippen LogP contribution in [0.15, 0.2) is 24.3 Å². The van der Waals surface area contributed by atoms with Crippen molar-refractivity contribution in [3.8, 4) is 5.75 Å². The minimum absolute atomic E-state index is 0.329. The molecule has 0 spiro atoms. The minimum atomic E-state index is -4.60. The van der Waals surface area contributed by atoms with Gasteiger partial charge in [-0.1, -0.05) is 18.2 Å². The Balaban J connectivity index is 3.02. The van der Waals surface area contributed by atoms with E-state index in [1.165, 1.54) is 13.2 Å². The van der Waals surface area contributed by atoms with Gasteiger partial charge in [0.15, 0.2) is 0 Å². The van der Waals surface area contributed by atoms with Crippen molar-refractivity contribution in [3.63, 3.8) is 0 Å². The average Bonchev–Trinajstić information content (AvgIpc) is 2.26. The maximum absolute atomic E-state index is 12.4. The molecule has 0 bridgehead atoms. The molecule has 0 saturated heterocycles. The standard InChI is InChI=1S/C11H12ClF3O3S/c1-18-10-5-3-2-4-8(10)6-9(19(12,16)17)7-11(13,14)15/h2-5,9H,6-7H2,1H3. The number of methoxy groups -OCH3 is 1. The lowest BCUT2D eigenvalue weighted by molar-refractivity contribution is -0.134. The normalized spacial score (nSPS) is 14.2. The third-order valence-corrected chi connectivity index (χ3v) is 4.38. The molecule has 0 saturated carbocycles. The molecular weight excluding hydrogens is 305 g/mol. The van der Waals surface area contributed by atoms with Crippen molar-refractivity contribution >= 4 is 19.7 Å². The first-order chi connectivity index (χ1) is 8.63. The fourth-order valence-electron chi connectivity index (χ4n) is 1.65. The molecule has 1 atom stereocenters. The topological polar surface area (TPSA) is 43.4 Å². The first-order valence-corrected chi connectivity index (χ1v) is 7.63. The third kappa shape index (κ3) is 5.28. The SMILES string of the molecule is COc1ccccc1CC(CC(F)(F)F)S(=O)(=O)Cl. The lowest BCUT2D eigenvalue weighted by atomic mass is 10.1. The van der Waals surface area contributed by atoms with E-state index in [-0.39, 0.29) is 6.42 Å². The fraction of sp³-hybridized carbons (Fsp3) is 0.455. The van der Waals surface area contributed by atoms with E-state index in [0.29, 0.717) is 11.3 Å². The summed E-state index contributed by atoms with van der Waals surface area (Å²) in [4.78, 5) is 0. The van der Waals surface area contributed by atoms with Crippen LogP contribution in [0.2, 0.25) is 0 Å². The number of hydrogen-bond acceptors (Lipinski definition) is 3. The maximum Gasteiger partial charge on any atom is 0.390 e. The molecule has 0 radical (unpaired) electrons. The molecule has 0 aromatic heterocycles. The van der Waals surface area contributed by atoms with Gasteiger partial charge in [-0.15, -0.1) is 0 Å². The van der Waals surface area contributed by atoms with Crippen molar-refractivity contribution in [2.45, 2.75) is 24.3 Å². The molecule has 0 N–H and O–H groups in total. The molecule has 8 heteroatoms. The summed E-state index contributed by atoms with van der Waals surface area (Å²) in [6.45, 7) is 0. The van der Waals surface area contributed by atoms with Crippen LogP contribution >= 0.6 is 10.7 Å². The van der Waals surface area contributed by atoms with Gasteiger partial charge in [0.25, 0.3) is 0 Å². The summed E-state index contributed by atoms with van der Waals surface area (Å²) in [5, 5.41) is -1.73. The Morgan fingerprint density at radius 2 is 1.89 bits per heavy atom. The molecule has 0 aliphatic heterocycles. The summed E-state index contributed by atoms with van der Waals surface area (Å²) in [5.74, 6) is 0.329. The predicted octanol–water partition coefficient (Wildman–Crippen LogP) is 3.13. The van der Waals surface area contributed by atoms with Gasteiger partial charge >= 0.3 is 6.18 Å². The monoisotopic (exact) mass is 316 g/mol. The fourth-order valence-corrected chi connectivity index (χ4v) is 2.79. The van der Waals surface area contributed by atoms with Crippen molar-refractivity contribution in [2.75, 3.05) is 7.11 Å². The van der Waals surface area contributed by atoms with Gasteiger partial charge in [-0.2, -0.15) is 13.2 Å². The smallest absolute Gasteiger partial charge is 0.390 e. The van der Waals surface area contributed by atoms with Gasteiger partial charge in [0.2, 0.25) is 9.05 Å². The first-order valence-electron chi connectivity index (χ1n) is 5.25. The van der Waals surface area contributed by atoms with Crippen molar-refractivity contribution in [1.82, 2.24) is 0 Å². The lowest BCUT2D eigenvalue weighted by Crippen LogP contribution is -2.27. The van der Waals surface area contributed by atoms with Gasteiger partial charge < -0.3 is 4.74 Å². The largest absolute Gasteiger partial charge is 0.496 e. The molecule has 1 aromatic carbocycles. The Labute approximate surface area is 113 Å². The highest BCUT2D eigenvalue weighted by molar-refractivity contribution is 8.14. The number of rotatable bonds is 5. The van der Waals surface area contributed by atoms with Gasteiger partial charge in [-0.25, -0.2) is 8.42 Å². The second-order valence-electron chi connectivity index (χ2n) is 3.93. The number of ether oxygens (including phenoxy) is 1. The highest BCUT2D eigenvalue weighted by Crippen LogP contribution is 2.30. The lowest BCUT2D eigenvalue weighted by Gasteiger charge is -2.17. The first kappa shape index (κ1) is 16.1. The molecule has 0 aliphatic rings. The number of para-hydroxylation sites is 1. The second-order valence-corrected chi connectivity index (χ2v) is 6.84. The minimum Gasteiger partial charge on any atom is -0.496 e. The zero-order chi connectivity index (χ0) is 14.7. The van der Waals surface area contributed by atoms with Gasteiger partial charge in [0.05, 0.1) is 18.8 Å². The van der Waals surface area contributed by atoms with Gasteiger partial charge in [0.1, 0.15) is 5.75 Å². The van der Waals surface area contributed by atoms with Crippen molar-refractivity contribution in [2.24, 2.45) is 0 Å². The molecule has 0 fully saturated rings. The van der Waals surface area contributed by atoms with Crippen molar-refractivity contribution in [3.05, 3.63) is 29.8 Å². The van der Waals surface area contributed by atoms with Crippen LogP contribution < -0.4 is 4.74 Å². The van der Waals surface area contributed by atoms with E-state index < -0.39 is 26.9 Å². The number of hydrogen-bond donors (Lipinski definition) is 0. The highest BCUT2D eigenvalue weighted by Gasteiger charge is 2.38. The molecule has 0 aliphatic carbocycles. The quantitative estimate of drug-likeness (QED) is 0.784. The number of benzene rings is 1. The third-order valence-electron chi connectivity index (χ3n) is 2.50. The molecule has 3 nitrogen and oxygen atoms in total. The Hall–Kier alpha value is -0.950. The molecule has 1 rings (SSSR count). The van der Waals surface area contributed by atoms with Gasteiger partial charge in [-0.3, -0.25) is 0 Å². The van der Waals surface area contributed by atoms with Crippen LogP contribution in [-0.2, 0) is 15.5 Å². The predicted molar refractivity (Wildman–Crippen MR) is 65.9 cm³/mol. The molecule has 0 amide bonds. The second kappa shape index (κ2) is 6.00. The van der Waals surface area contributed by atoms with Crippen LogP contribution in [0.4, 0.5) is 13.2 Å². The van der Waals surface area contributed by atoms with Crippen molar-refractivity contribution < 1.29 is 26.3 Å². The molecular formula is C11H12ClF3O3S. The summed E-state index contributed by atoms with van der Waals surface area (Å²) in [6, 6.07) is 6.27. The highest BCUT2D eigenvalue weighted by atomic mass is 35.7. The molecule has 108 valence electrons. The van der Waals surface area contributed by atoms with Crippen LogP contribution in [0, 0.1) is 0 Å². The van der Waals surface area contributed by atoms with Crippen molar-refractivity contribution in [1.29, 1.82) is 0 Å². The Morgan fingerprint density at radius 1 is 1.32 bits per heavy atom. The summed E-state index contributed by atoms with van der Waals surface area (Å²) in [7, 11) is 2.11. The molecule has 1 unspecified atom stereocenters. The van der Waals surface area contributed by atoms with Crippen LogP contribution in [0.1, 0.15) is 12.0 Å². The van der Waals surface area contributed by atoms with E-state index in [4.69, 9.17) is 15.4 Å². The van der Waals surface area contributed by atoms with E-state index in [2.05, 4.69) is 0 Å². The Bertz CT molecular complexity index is 528. The van der Waals surface area contributed by atoms with Crippen LogP contribution in [-0.4, -0.2) is 27.0 Å². The molecule has 1 aromatic rings. The van der Waals surface area contributed by atoms with E-state index in [1.807, 2.05) is 0 Å². The summed E-state index contributed by atoms with van der Waals surface area (Å²) >= 11 is 0. The van der Waals surface area contributed by atoms with E-state index in [9.17, 15) is 21.6 Å². The zero-order valence-corrected chi connectivity index (χ0v) is 11.5. The van der Waals surface area contributed by atoms with Gasteiger partial charge in [-0.05, 0) is 18.1 Å². The molecule has 0 heterocycles.